The maximum Gasteiger partial charge on any atom is 0.243 e. The number of hydrogen-bond donors (Lipinski definition) is 0. The van der Waals surface area contributed by atoms with Crippen LogP contribution in [0.1, 0.15) is 11.1 Å². The first-order valence-electron chi connectivity index (χ1n) is 9.25. The molecule has 156 valence electrons. The number of hydrogen-bond acceptors (Lipinski definition) is 5. The van der Waals surface area contributed by atoms with Gasteiger partial charge in [-0.25, -0.2) is 16.8 Å². The van der Waals surface area contributed by atoms with E-state index in [2.05, 4.69) is 0 Å². The third-order valence-corrected chi connectivity index (χ3v) is 7.13. The molecule has 0 aliphatic rings. The minimum Gasteiger partial charge on any atom is -0.453 e. The second-order valence-electron chi connectivity index (χ2n) is 6.75. The van der Waals surface area contributed by atoms with Crippen molar-refractivity contribution in [2.45, 2.75) is 10.6 Å². The predicted molar refractivity (Wildman–Crippen MR) is 119 cm³/mol. The lowest BCUT2D eigenvalue weighted by atomic mass is 10.2. The van der Waals surface area contributed by atoms with Gasteiger partial charge in [-0.05, 0) is 36.1 Å². The van der Waals surface area contributed by atoms with E-state index in [-0.39, 0.29) is 17.0 Å². The molecule has 0 atom stereocenters. The zero-order chi connectivity index (χ0) is 22.0. The smallest absolute Gasteiger partial charge is 0.243 e. The Labute approximate surface area is 183 Å². The molecule has 4 aromatic rings. The van der Waals surface area contributed by atoms with Gasteiger partial charge in [0.25, 0.3) is 0 Å². The van der Waals surface area contributed by atoms with Gasteiger partial charge in [0, 0.05) is 17.6 Å². The van der Waals surface area contributed by atoms with Crippen LogP contribution in [0.15, 0.2) is 77.8 Å². The van der Waals surface area contributed by atoms with E-state index in [0.29, 0.717) is 27.2 Å². The summed E-state index contributed by atoms with van der Waals surface area (Å²) >= 11 is 1.26. The average molecular weight is 453 g/mol. The summed E-state index contributed by atoms with van der Waals surface area (Å²) in [6.07, 6.45) is 3.20. The molecule has 0 amide bonds. The van der Waals surface area contributed by atoms with Crippen molar-refractivity contribution in [2.24, 2.45) is 0 Å². The quantitative estimate of drug-likeness (QED) is 0.359. The van der Waals surface area contributed by atoms with Crippen LogP contribution in [0.3, 0.4) is 0 Å². The van der Waals surface area contributed by atoms with Crippen molar-refractivity contribution in [3.8, 4) is 17.6 Å². The molecule has 0 saturated carbocycles. The molecule has 0 fully saturated rings. The summed E-state index contributed by atoms with van der Waals surface area (Å²) in [5.41, 5.74) is 1.28. The van der Waals surface area contributed by atoms with Crippen LogP contribution >= 0.6 is 11.8 Å². The molecular weight excluding hydrogens is 435 g/mol. The number of nitriles is 1. The molecule has 1 heterocycles. The van der Waals surface area contributed by atoms with Gasteiger partial charge in [0.05, 0.1) is 27.8 Å². The van der Waals surface area contributed by atoms with Gasteiger partial charge in [0.15, 0.2) is 11.6 Å². The number of benzene rings is 3. The second-order valence-corrected chi connectivity index (χ2v) is 9.41. The monoisotopic (exact) mass is 452 g/mol. The molecule has 0 spiro atoms. The Morgan fingerprint density at radius 2 is 1.87 bits per heavy atom. The molecule has 0 aliphatic carbocycles. The van der Waals surface area contributed by atoms with Crippen molar-refractivity contribution >= 4 is 32.7 Å². The zero-order valence-electron chi connectivity index (χ0n) is 16.4. The maximum absolute atomic E-state index is 15.1. The maximum atomic E-state index is 15.1. The van der Waals surface area contributed by atoms with Crippen LogP contribution in [0.5, 0.6) is 11.5 Å². The topological polar surface area (TPSA) is 72.1 Å². The fourth-order valence-corrected chi connectivity index (χ4v) is 5.48. The Morgan fingerprint density at radius 3 is 2.58 bits per heavy atom. The Hall–Kier alpha value is -3.28. The highest BCUT2D eigenvalue weighted by atomic mass is 32.2. The molecule has 1 aromatic heterocycles. The highest BCUT2D eigenvalue weighted by Gasteiger charge is 2.22. The molecule has 3 aromatic carbocycles. The van der Waals surface area contributed by atoms with Gasteiger partial charge in [-0.1, -0.05) is 36.4 Å². The summed E-state index contributed by atoms with van der Waals surface area (Å²) in [7, 11) is -3.76. The number of rotatable bonds is 6. The number of thioether (sulfide) groups is 1. The fraction of sp³-hybridized carbons (Fsp3) is 0.0870. The Kier molecular flexibility index (Phi) is 5.72. The van der Waals surface area contributed by atoms with Crippen LogP contribution in [0.25, 0.3) is 10.9 Å². The number of halogens is 1. The van der Waals surface area contributed by atoms with E-state index >= 15 is 4.39 Å². The molecule has 0 aliphatic heterocycles. The summed E-state index contributed by atoms with van der Waals surface area (Å²) in [5, 5.41) is 9.63. The normalized spacial score (nSPS) is 11.4. The van der Waals surface area contributed by atoms with Crippen LogP contribution in [0.4, 0.5) is 4.39 Å². The SMILES string of the molecule is CSc1c(Oc2cccc(C#N)c2)c(F)cc2c1ccn2S(=O)(=O)Cc1ccccc1. The van der Waals surface area contributed by atoms with E-state index < -0.39 is 15.8 Å². The third-order valence-electron chi connectivity index (χ3n) is 4.70. The molecule has 0 radical (unpaired) electrons. The standard InChI is InChI=1S/C23H17FN2O3S2/c1-30-23-19-10-11-26(31(27,28)15-16-6-3-2-4-7-16)21(19)13-20(24)22(23)29-18-9-5-8-17(12-18)14-25/h2-13H,15H2,1H3. The Balaban J connectivity index is 1.79. The largest absolute Gasteiger partial charge is 0.453 e. The highest BCUT2D eigenvalue weighted by Crippen LogP contribution is 2.41. The summed E-state index contributed by atoms with van der Waals surface area (Å²) in [5.74, 6) is -0.571. The number of nitrogens with zero attached hydrogens (tertiary/aromatic N) is 2. The van der Waals surface area contributed by atoms with Gasteiger partial charge in [0.1, 0.15) is 5.75 Å². The molecular formula is C23H17FN2O3S2. The first-order valence-corrected chi connectivity index (χ1v) is 12.1. The fourth-order valence-electron chi connectivity index (χ4n) is 3.32. The second kappa shape index (κ2) is 8.46. The van der Waals surface area contributed by atoms with Crippen molar-refractivity contribution in [1.29, 1.82) is 5.26 Å². The molecule has 31 heavy (non-hydrogen) atoms. The van der Waals surface area contributed by atoms with Gasteiger partial charge in [-0.2, -0.15) is 5.26 Å². The zero-order valence-corrected chi connectivity index (χ0v) is 18.1. The number of ether oxygens (including phenoxy) is 1. The van der Waals surface area contributed by atoms with Gasteiger partial charge in [0.2, 0.25) is 10.0 Å². The van der Waals surface area contributed by atoms with Gasteiger partial charge in [-0.3, -0.25) is 0 Å². The van der Waals surface area contributed by atoms with Crippen molar-refractivity contribution in [2.75, 3.05) is 6.26 Å². The van der Waals surface area contributed by atoms with E-state index in [1.807, 2.05) is 12.1 Å². The first kappa shape index (κ1) is 21.0. The minimum atomic E-state index is -3.76. The lowest BCUT2D eigenvalue weighted by Crippen LogP contribution is -2.14. The highest BCUT2D eigenvalue weighted by molar-refractivity contribution is 7.99. The van der Waals surface area contributed by atoms with Crippen molar-refractivity contribution in [1.82, 2.24) is 3.97 Å². The van der Waals surface area contributed by atoms with Crippen LogP contribution in [-0.4, -0.2) is 18.6 Å². The number of fused-ring (bicyclic) bond motifs is 1. The summed E-state index contributed by atoms with van der Waals surface area (Å²) in [6.45, 7) is 0. The molecule has 5 nitrogen and oxygen atoms in total. The van der Waals surface area contributed by atoms with Crippen LogP contribution in [0.2, 0.25) is 0 Å². The predicted octanol–water partition coefficient (Wildman–Crippen LogP) is 5.54. The molecule has 8 heteroatoms. The van der Waals surface area contributed by atoms with Gasteiger partial charge >= 0.3 is 0 Å². The summed E-state index contributed by atoms with van der Waals surface area (Å²) in [6, 6.07) is 20.1. The van der Waals surface area contributed by atoms with Crippen LogP contribution < -0.4 is 4.74 Å². The van der Waals surface area contributed by atoms with E-state index in [1.165, 1.54) is 30.1 Å². The Bertz CT molecular complexity index is 1410. The molecule has 0 saturated heterocycles. The lowest BCUT2D eigenvalue weighted by Gasteiger charge is -2.14. The van der Waals surface area contributed by atoms with E-state index in [0.717, 1.165) is 3.97 Å². The number of aromatic nitrogens is 1. The molecule has 0 N–H and O–H groups in total. The van der Waals surface area contributed by atoms with Crippen molar-refractivity contribution in [3.63, 3.8) is 0 Å². The lowest BCUT2D eigenvalue weighted by molar-refractivity contribution is 0.432. The van der Waals surface area contributed by atoms with E-state index in [9.17, 15) is 8.42 Å². The first-order chi connectivity index (χ1) is 14.9. The van der Waals surface area contributed by atoms with E-state index in [1.54, 1.807) is 54.8 Å². The van der Waals surface area contributed by atoms with Crippen LogP contribution in [0, 0.1) is 17.1 Å². The summed E-state index contributed by atoms with van der Waals surface area (Å²) in [4.78, 5) is 0.478. The van der Waals surface area contributed by atoms with Crippen molar-refractivity contribution in [3.05, 3.63) is 89.9 Å². The summed E-state index contributed by atoms with van der Waals surface area (Å²) < 4.78 is 48.0. The van der Waals surface area contributed by atoms with Crippen molar-refractivity contribution < 1.29 is 17.5 Å². The van der Waals surface area contributed by atoms with Gasteiger partial charge < -0.3 is 4.74 Å². The third kappa shape index (κ3) is 4.15. The minimum absolute atomic E-state index is 0.00621. The molecule has 4 rings (SSSR count). The van der Waals surface area contributed by atoms with Gasteiger partial charge in [-0.15, -0.1) is 11.8 Å². The molecule has 0 bridgehead atoms. The van der Waals surface area contributed by atoms with E-state index in [4.69, 9.17) is 10.00 Å². The Morgan fingerprint density at radius 1 is 1.10 bits per heavy atom. The molecule has 0 unspecified atom stereocenters. The van der Waals surface area contributed by atoms with Crippen LogP contribution in [-0.2, 0) is 15.8 Å². The average Bonchev–Trinajstić information content (AvgIpc) is 3.19.